The van der Waals surface area contributed by atoms with E-state index in [0.717, 1.165) is 16.5 Å². The third kappa shape index (κ3) is 2.98. The predicted molar refractivity (Wildman–Crippen MR) is 97.5 cm³/mol. The highest BCUT2D eigenvalue weighted by Crippen LogP contribution is 2.38. The third-order valence-electron chi connectivity index (χ3n) is 4.26. The summed E-state index contributed by atoms with van der Waals surface area (Å²) in [6, 6.07) is 5.94. The molecule has 0 spiro atoms. The molecule has 0 bridgehead atoms. The average Bonchev–Trinajstić information content (AvgIpc) is 2.95. The molecule has 0 saturated heterocycles. The Balaban J connectivity index is 2.02. The van der Waals surface area contributed by atoms with Crippen LogP contribution >= 0.6 is 11.3 Å². The summed E-state index contributed by atoms with van der Waals surface area (Å²) in [6.45, 7) is 0.849. The molecule has 9 nitrogen and oxygen atoms in total. The first-order chi connectivity index (χ1) is 12.3. The Labute approximate surface area is 153 Å². The van der Waals surface area contributed by atoms with Crippen LogP contribution in [-0.4, -0.2) is 26.9 Å². The number of nitro groups is 1. The van der Waals surface area contributed by atoms with Gasteiger partial charge in [-0.2, -0.15) is 5.26 Å². The summed E-state index contributed by atoms with van der Waals surface area (Å²) in [6.07, 6.45) is 0.541. The molecule has 1 aromatic heterocycles. The smallest absolute Gasteiger partial charge is 0.293 e. The molecule has 0 unspecified atom stereocenters. The van der Waals surface area contributed by atoms with Gasteiger partial charge in [0, 0.05) is 17.5 Å². The van der Waals surface area contributed by atoms with Crippen LogP contribution in [0.1, 0.15) is 16.0 Å². The number of nitrogens with one attached hydrogen (secondary N) is 1. The number of fused-ring (bicyclic) bond motifs is 1. The number of benzene rings is 1. The molecule has 136 valence electrons. The normalized spacial score (nSPS) is 13.9. The van der Waals surface area contributed by atoms with Crippen molar-refractivity contribution in [2.24, 2.45) is 0 Å². The first-order valence-corrected chi connectivity index (χ1v) is 9.85. The number of hydrogen-bond donors (Lipinski definition) is 2. The van der Waals surface area contributed by atoms with Crippen molar-refractivity contribution >= 4 is 37.7 Å². The van der Waals surface area contributed by atoms with Gasteiger partial charge in [-0.05, 0) is 31.2 Å². The van der Waals surface area contributed by atoms with Crippen molar-refractivity contribution in [3.8, 4) is 6.07 Å². The molecule has 11 heteroatoms. The minimum Gasteiger partial charge on any atom is -0.389 e. The molecule has 3 rings (SSSR count). The molecule has 0 fully saturated rings. The van der Waals surface area contributed by atoms with E-state index >= 15 is 0 Å². The molecule has 1 aliphatic heterocycles. The number of sulfonamides is 1. The number of thiophene rings is 1. The van der Waals surface area contributed by atoms with E-state index in [9.17, 15) is 23.8 Å². The van der Waals surface area contributed by atoms with Crippen LogP contribution < -0.4 is 15.4 Å². The molecule has 0 radical (unpaired) electrons. The van der Waals surface area contributed by atoms with Crippen LogP contribution in [0.25, 0.3) is 0 Å². The first-order valence-electron chi connectivity index (χ1n) is 7.55. The second-order valence-electron chi connectivity index (χ2n) is 5.64. The largest absolute Gasteiger partial charge is 0.389 e. The molecular weight excluding hydrogens is 378 g/mol. The van der Waals surface area contributed by atoms with Crippen LogP contribution in [-0.2, 0) is 23.0 Å². The summed E-state index contributed by atoms with van der Waals surface area (Å²) in [4.78, 5) is 13.4. The Morgan fingerprint density at radius 3 is 2.81 bits per heavy atom. The first kappa shape index (κ1) is 18.1. The fraction of sp³-hybridized carbons (Fsp3) is 0.267. The number of hydrogen-bond acceptors (Lipinski definition) is 8. The third-order valence-corrected chi connectivity index (χ3v) is 6.72. The van der Waals surface area contributed by atoms with Crippen molar-refractivity contribution in [1.29, 1.82) is 5.26 Å². The van der Waals surface area contributed by atoms with Crippen molar-refractivity contribution < 1.29 is 13.3 Å². The fourth-order valence-electron chi connectivity index (χ4n) is 2.95. The monoisotopic (exact) mass is 393 g/mol. The highest BCUT2D eigenvalue weighted by atomic mass is 32.2. The molecule has 2 aromatic rings. The molecule has 2 heterocycles. The molecular formula is C15H15N5O4S2. The lowest BCUT2D eigenvalue weighted by Gasteiger charge is -2.28. The van der Waals surface area contributed by atoms with Gasteiger partial charge in [0.25, 0.3) is 5.69 Å². The molecule has 0 saturated carbocycles. The Kier molecular flexibility index (Phi) is 4.57. The topological polar surface area (TPSA) is 142 Å². The van der Waals surface area contributed by atoms with Crippen LogP contribution in [0.15, 0.2) is 23.1 Å². The molecule has 3 N–H and O–H groups in total. The molecule has 0 aliphatic carbocycles. The van der Waals surface area contributed by atoms with E-state index in [0.29, 0.717) is 35.8 Å². The van der Waals surface area contributed by atoms with Gasteiger partial charge in [-0.1, -0.05) is 0 Å². The van der Waals surface area contributed by atoms with Crippen molar-refractivity contribution in [2.75, 3.05) is 24.2 Å². The minimum atomic E-state index is -3.78. The lowest BCUT2D eigenvalue weighted by Crippen LogP contribution is -2.30. The zero-order chi connectivity index (χ0) is 19.1. The average molecular weight is 393 g/mol. The van der Waals surface area contributed by atoms with Crippen LogP contribution in [0, 0.1) is 21.4 Å². The van der Waals surface area contributed by atoms with Gasteiger partial charge in [0.15, 0.2) is 0 Å². The fourth-order valence-corrected chi connectivity index (χ4v) is 4.79. The Morgan fingerprint density at radius 1 is 1.46 bits per heavy atom. The lowest BCUT2D eigenvalue weighted by atomic mass is 10.0. The van der Waals surface area contributed by atoms with Gasteiger partial charge in [0.05, 0.1) is 21.9 Å². The SMILES string of the molecule is CNS(=O)(=O)c1ccc(N2CCc3c(sc(N)c3C#N)C2)c([N+](=O)[O-])c1. The van der Waals surface area contributed by atoms with Crippen molar-refractivity contribution in [3.05, 3.63) is 44.3 Å². The number of anilines is 2. The van der Waals surface area contributed by atoms with Gasteiger partial charge >= 0.3 is 0 Å². The van der Waals surface area contributed by atoms with Crippen LogP contribution in [0.5, 0.6) is 0 Å². The summed E-state index contributed by atoms with van der Waals surface area (Å²) < 4.78 is 26.0. The predicted octanol–water partition coefficient (Wildman–Crippen LogP) is 1.58. The van der Waals surface area contributed by atoms with Gasteiger partial charge in [0.1, 0.15) is 16.8 Å². The summed E-state index contributed by atoms with van der Waals surface area (Å²) in [5.41, 5.74) is 7.30. The number of nitro benzene ring substituents is 1. The minimum absolute atomic E-state index is 0.166. The maximum absolute atomic E-state index is 11.9. The summed E-state index contributed by atoms with van der Waals surface area (Å²) in [5, 5.41) is 21.1. The molecule has 26 heavy (non-hydrogen) atoms. The van der Waals surface area contributed by atoms with Crippen molar-refractivity contribution in [2.45, 2.75) is 17.9 Å². The second-order valence-corrected chi connectivity index (χ2v) is 8.66. The number of nitrogens with two attached hydrogens (primary N) is 1. The van der Waals surface area contributed by atoms with E-state index in [1.54, 1.807) is 4.90 Å². The van der Waals surface area contributed by atoms with Crippen LogP contribution in [0.3, 0.4) is 0 Å². The highest BCUT2D eigenvalue weighted by Gasteiger charge is 2.28. The van der Waals surface area contributed by atoms with Gasteiger partial charge < -0.3 is 10.6 Å². The zero-order valence-corrected chi connectivity index (χ0v) is 15.4. The Bertz CT molecular complexity index is 1040. The second kappa shape index (κ2) is 6.56. The lowest BCUT2D eigenvalue weighted by molar-refractivity contribution is -0.384. The van der Waals surface area contributed by atoms with Crippen molar-refractivity contribution in [1.82, 2.24) is 4.72 Å². The van der Waals surface area contributed by atoms with Crippen molar-refractivity contribution in [3.63, 3.8) is 0 Å². The number of nitrogen functional groups attached to an aromatic ring is 1. The summed E-state index contributed by atoms with van der Waals surface area (Å²) in [7, 11) is -2.53. The maximum Gasteiger partial charge on any atom is 0.293 e. The molecule has 0 amide bonds. The van der Waals surface area contributed by atoms with E-state index in [2.05, 4.69) is 10.8 Å². The quantitative estimate of drug-likeness (QED) is 0.593. The van der Waals surface area contributed by atoms with Crippen LogP contribution in [0.4, 0.5) is 16.4 Å². The standard InChI is InChI=1S/C15H15N5O4S2/c1-18-26(23,24)9-2-3-12(13(6-9)20(21)22)19-5-4-10-11(7-16)15(17)25-14(10)8-19/h2-3,6,18H,4-5,8,17H2,1H3. The summed E-state index contributed by atoms with van der Waals surface area (Å²) in [5.74, 6) is 0. The maximum atomic E-state index is 11.9. The summed E-state index contributed by atoms with van der Waals surface area (Å²) >= 11 is 1.30. The molecule has 1 aliphatic rings. The Morgan fingerprint density at radius 2 is 2.19 bits per heavy atom. The number of nitrogens with zero attached hydrogens (tertiary/aromatic N) is 3. The van der Waals surface area contributed by atoms with Crippen LogP contribution in [0.2, 0.25) is 0 Å². The number of rotatable bonds is 4. The molecule has 1 aromatic carbocycles. The Hall–Kier alpha value is -2.68. The van der Waals surface area contributed by atoms with Gasteiger partial charge in [-0.3, -0.25) is 10.1 Å². The van der Waals surface area contributed by atoms with E-state index in [4.69, 9.17) is 5.73 Å². The van der Waals surface area contributed by atoms with E-state index in [1.807, 2.05) is 0 Å². The highest BCUT2D eigenvalue weighted by molar-refractivity contribution is 7.89. The van der Waals surface area contributed by atoms with Gasteiger partial charge in [-0.25, -0.2) is 13.1 Å². The molecule has 0 atom stereocenters. The van der Waals surface area contributed by atoms with Gasteiger partial charge in [-0.15, -0.1) is 11.3 Å². The van der Waals surface area contributed by atoms with E-state index in [1.165, 1.54) is 30.5 Å². The number of nitriles is 1. The zero-order valence-electron chi connectivity index (χ0n) is 13.7. The van der Waals surface area contributed by atoms with E-state index in [-0.39, 0.29) is 10.6 Å². The van der Waals surface area contributed by atoms with Gasteiger partial charge in [0.2, 0.25) is 10.0 Å². The van der Waals surface area contributed by atoms with E-state index < -0.39 is 14.9 Å².